The van der Waals surface area contributed by atoms with Gasteiger partial charge in [-0.05, 0) is 37.1 Å². The van der Waals surface area contributed by atoms with Crippen LogP contribution in [0.4, 0.5) is 4.39 Å². The zero-order valence-electron chi connectivity index (χ0n) is 11.5. The van der Waals surface area contributed by atoms with Gasteiger partial charge < -0.3 is 4.90 Å². The summed E-state index contributed by atoms with van der Waals surface area (Å²) >= 11 is 0. The highest BCUT2D eigenvalue weighted by Crippen LogP contribution is 2.15. The lowest BCUT2D eigenvalue weighted by Gasteiger charge is -2.32. The molecule has 114 valence electrons. The summed E-state index contributed by atoms with van der Waals surface area (Å²) in [6.45, 7) is 4.30. The van der Waals surface area contributed by atoms with E-state index in [4.69, 9.17) is 0 Å². The molecule has 1 saturated heterocycles. The number of hydrogen-bond donors (Lipinski definition) is 1. The van der Waals surface area contributed by atoms with Crippen molar-refractivity contribution in [3.8, 4) is 0 Å². The van der Waals surface area contributed by atoms with Crippen LogP contribution in [0, 0.1) is 5.82 Å². The smallest absolute Gasteiger partial charge is 0.246 e. The molecule has 0 saturated carbocycles. The number of benzene rings is 1. The fourth-order valence-corrected chi connectivity index (χ4v) is 3.62. The first-order valence-electron chi connectivity index (χ1n) is 6.61. The van der Waals surface area contributed by atoms with Crippen LogP contribution in [-0.4, -0.2) is 38.4 Å². The average molecular weight is 312 g/mol. The van der Waals surface area contributed by atoms with E-state index < -0.39 is 15.8 Å². The summed E-state index contributed by atoms with van der Waals surface area (Å²) < 4.78 is 40.1. The minimum Gasteiger partial charge on any atom is -0.338 e. The molecular formula is C14H17FN2O3S. The van der Waals surface area contributed by atoms with Gasteiger partial charge >= 0.3 is 0 Å². The molecule has 21 heavy (non-hydrogen) atoms. The van der Waals surface area contributed by atoms with Crippen LogP contribution >= 0.6 is 0 Å². The SMILES string of the molecule is C=CC(=O)N1CCCC(NS(=O)(=O)c2cccc(F)c2)C1. The van der Waals surface area contributed by atoms with Crippen molar-refractivity contribution in [2.45, 2.75) is 23.8 Å². The number of nitrogens with one attached hydrogen (secondary N) is 1. The van der Waals surface area contributed by atoms with Crippen molar-refractivity contribution in [1.82, 2.24) is 9.62 Å². The summed E-state index contributed by atoms with van der Waals surface area (Å²) in [5.74, 6) is -0.824. The number of rotatable bonds is 4. The van der Waals surface area contributed by atoms with Gasteiger partial charge in [0.1, 0.15) is 5.82 Å². The van der Waals surface area contributed by atoms with Crippen molar-refractivity contribution < 1.29 is 17.6 Å². The number of nitrogens with zero attached hydrogens (tertiary/aromatic N) is 1. The van der Waals surface area contributed by atoms with Crippen molar-refractivity contribution in [2.24, 2.45) is 0 Å². The summed E-state index contributed by atoms with van der Waals surface area (Å²) in [5, 5.41) is 0. The number of carbonyl (C=O) groups is 1. The quantitative estimate of drug-likeness (QED) is 0.852. The Hall–Kier alpha value is -1.73. The molecule has 1 heterocycles. The molecule has 1 aliphatic rings. The third-order valence-corrected chi connectivity index (χ3v) is 4.85. The monoisotopic (exact) mass is 312 g/mol. The molecule has 7 heteroatoms. The number of likely N-dealkylation sites (tertiary alicyclic amines) is 1. The van der Waals surface area contributed by atoms with Gasteiger partial charge in [-0.2, -0.15) is 0 Å². The second-order valence-corrected chi connectivity index (χ2v) is 6.62. The highest BCUT2D eigenvalue weighted by molar-refractivity contribution is 7.89. The Morgan fingerprint density at radius 1 is 1.48 bits per heavy atom. The maximum absolute atomic E-state index is 13.1. The number of carbonyl (C=O) groups excluding carboxylic acids is 1. The average Bonchev–Trinajstić information content (AvgIpc) is 2.46. The second-order valence-electron chi connectivity index (χ2n) is 4.91. The molecule has 1 amide bonds. The summed E-state index contributed by atoms with van der Waals surface area (Å²) in [5.41, 5.74) is 0. The lowest BCUT2D eigenvalue weighted by atomic mass is 10.1. The van der Waals surface area contributed by atoms with E-state index in [1.165, 1.54) is 24.3 Å². The van der Waals surface area contributed by atoms with Crippen LogP contribution in [0.3, 0.4) is 0 Å². The highest BCUT2D eigenvalue weighted by atomic mass is 32.2. The fraction of sp³-hybridized carbons (Fsp3) is 0.357. The summed E-state index contributed by atoms with van der Waals surface area (Å²) in [7, 11) is -3.79. The van der Waals surface area contributed by atoms with Crippen LogP contribution in [0.15, 0.2) is 41.8 Å². The standard InChI is InChI=1S/C14H17FN2O3S/c1-2-14(18)17-8-4-6-12(10-17)16-21(19,20)13-7-3-5-11(15)9-13/h2-3,5,7,9,12,16H,1,4,6,8,10H2. The lowest BCUT2D eigenvalue weighted by Crippen LogP contribution is -2.49. The number of sulfonamides is 1. The molecule has 1 fully saturated rings. The molecule has 1 aromatic carbocycles. The van der Waals surface area contributed by atoms with Gasteiger partial charge in [0.25, 0.3) is 0 Å². The van der Waals surface area contributed by atoms with Crippen LogP contribution < -0.4 is 4.72 Å². The molecule has 0 spiro atoms. The minimum absolute atomic E-state index is 0.116. The Bertz CT molecular complexity index is 645. The summed E-state index contributed by atoms with van der Waals surface area (Å²) in [4.78, 5) is 13.0. The van der Waals surface area contributed by atoms with Gasteiger partial charge in [0, 0.05) is 19.1 Å². The largest absolute Gasteiger partial charge is 0.338 e. The van der Waals surface area contributed by atoms with Crippen molar-refractivity contribution in [3.05, 3.63) is 42.7 Å². The third-order valence-electron chi connectivity index (χ3n) is 3.34. The van der Waals surface area contributed by atoms with Crippen LogP contribution in [0.1, 0.15) is 12.8 Å². The maximum atomic E-state index is 13.1. The normalized spacial score (nSPS) is 19.3. The highest BCUT2D eigenvalue weighted by Gasteiger charge is 2.26. The fourth-order valence-electron chi connectivity index (χ4n) is 2.32. The van der Waals surface area contributed by atoms with Gasteiger partial charge in [-0.25, -0.2) is 17.5 Å². The Kier molecular flexibility index (Phi) is 4.74. The van der Waals surface area contributed by atoms with E-state index >= 15 is 0 Å². The van der Waals surface area contributed by atoms with E-state index in [2.05, 4.69) is 11.3 Å². The number of hydrogen-bond acceptors (Lipinski definition) is 3. The van der Waals surface area contributed by atoms with Crippen LogP contribution in [0.2, 0.25) is 0 Å². The van der Waals surface area contributed by atoms with Crippen LogP contribution in [0.5, 0.6) is 0 Å². The number of halogens is 1. The van der Waals surface area contributed by atoms with E-state index in [1.54, 1.807) is 4.90 Å². The van der Waals surface area contributed by atoms with Crippen molar-refractivity contribution >= 4 is 15.9 Å². The molecule has 0 radical (unpaired) electrons. The van der Waals surface area contributed by atoms with E-state index in [-0.39, 0.29) is 16.8 Å². The molecule has 1 unspecified atom stereocenters. The maximum Gasteiger partial charge on any atom is 0.246 e. The van der Waals surface area contributed by atoms with Gasteiger partial charge in [-0.3, -0.25) is 4.79 Å². The van der Waals surface area contributed by atoms with Crippen LogP contribution in [-0.2, 0) is 14.8 Å². The molecule has 2 rings (SSSR count). The molecule has 5 nitrogen and oxygen atoms in total. The zero-order chi connectivity index (χ0) is 15.5. The predicted octanol–water partition coefficient (Wildman–Crippen LogP) is 1.28. The Balaban J connectivity index is 2.10. The molecule has 1 aliphatic heterocycles. The molecule has 1 N–H and O–H groups in total. The Morgan fingerprint density at radius 2 is 2.24 bits per heavy atom. The van der Waals surface area contributed by atoms with Gasteiger partial charge in [0.2, 0.25) is 15.9 Å². The van der Waals surface area contributed by atoms with Gasteiger partial charge in [0.15, 0.2) is 0 Å². The molecule has 0 aliphatic carbocycles. The molecule has 1 atom stereocenters. The molecule has 0 aromatic heterocycles. The number of piperidine rings is 1. The number of amides is 1. The van der Waals surface area contributed by atoms with Crippen molar-refractivity contribution in [3.63, 3.8) is 0 Å². The Morgan fingerprint density at radius 3 is 2.90 bits per heavy atom. The van der Waals surface area contributed by atoms with Gasteiger partial charge in [0.05, 0.1) is 4.90 Å². The first-order valence-corrected chi connectivity index (χ1v) is 8.10. The zero-order valence-corrected chi connectivity index (χ0v) is 12.3. The van der Waals surface area contributed by atoms with E-state index in [0.29, 0.717) is 25.9 Å². The van der Waals surface area contributed by atoms with E-state index in [0.717, 1.165) is 6.07 Å². The first-order chi connectivity index (χ1) is 9.92. The summed E-state index contributed by atoms with van der Waals surface area (Å²) in [6.07, 6.45) is 2.55. The lowest BCUT2D eigenvalue weighted by molar-refractivity contribution is -0.127. The molecule has 0 bridgehead atoms. The first kappa shape index (κ1) is 15.7. The van der Waals surface area contributed by atoms with Gasteiger partial charge in [-0.15, -0.1) is 0 Å². The van der Waals surface area contributed by atoms with Crippen LogP contribution in [0.25, 0.3) is 0 Å². The minimum atomic E-state index is -3.79. The van der Waals surface area contributed by atoms with Gasteiger partial charge in [-0.1, -0.05) is 12.6 Å². The van der Waals surface area contributed by atoms with Crippen molar-refractivity contribution in [2.75, 3.05) is 13.1 Å². The predicted molar refractivity (Wildman–Crippen MR) is 76.5 cm³/mol. The molecule has 1 aromatic rings. The second kappa shape index (κ2) is 6.36. The Labute approximate surface area is 123 Å². The van der Waals surface area contributed by atoms with E-state index in [1.807, 2.05) is 0 Å². The molecular weight excluding hydrogens is 295 g/mol. The summed E-state index contributed by atoms with van der Waals surface area (Å²) in [6, 6.07) is 4.46. The van der Waals surface area contributed by atoms with Crippen molar-refractivity contribution in [1.29, 1.82) is 0 Å². The third kappa shape index (κ3) is 3.89. The van der Waals surface area contributed by atoms with E-state index in [9.17, 15) is 17.6 Å². The topological polar surface area (TPSA) is 66.5 Å².